The second kappa shape index (κ2) is 8.46. The predicted molar refractivity (Wildman–Crippen MR) is 80.4 cm³/mol. The summed E-state index contributed by atoms with van der Waals surface area (Å²) < 4.78 is 11.2. The van der Waals surface area contributed by atoms with Crippen molar-refractivity contribution in [2.45, 2.75) is 39.0 Å². The quantitative estimate of drug-likeness (QED) is 0.814. The molecule has 0 aromatic heterocycles. The molecule has 1 saturated heterocycles. The molecule has 1 amide bonds. The number of amides is 1. The number of ether oxygens (including phenoxy) is 2. The summed E-state index contributed by atoms with van der Waals surface area (Å²) in [6.45, 7) is 4.19. The fraction of sp³-hybridized carbons (Fsp3) is 0.471. The maximum absolute atomic E-state index is 11.3. The molecule has 2 rings (SSSR count). The molecule has 1 heterocycles. The molecule has 0 aliphatic carbocycles. The van der Waals surface area contributed by atoms with Crippen molar-refractivity contribution >= 4 is 5.91 Å². The van der Waals surface area contributed by atoms with Crippen molar-refractivity contribution in [3.05, 3.63) is 35.4 Å². The summed E-state index contributed by atoms with van der Waals surface area (Å²) in [6.07, 6.45) is 2.47. The number of carbonyl (C=O) groups is 1. The van der Waals surface area contributed by atoms with Gasteiger partial charge in [-0.1, -0.05) is 30.2 Å². The van der Waals surface area contributed by atoms with Crippen molar-refractivity contribution in [2.75, 3.05) is 13.2 Å². The van der Waals surface area contributed by atoms with Gasteiger partial charge in [0.2, 0.25) is 0 Å². The van der Waals surface area contributed by atoms with Crippen LogP contribution in [0.1, 0.15) is 30.9 Å². The number of benzene rings is 1. The lowest BCUT2D eigenvalue weighted by Crippen LogP contribution is -2.20. The van der Waals surface area contributed by atoms with Crippen molar-refractivity contribution < 1.29 is 14.3 Å². The molecule has 0 bridgehead atoms. The van der Waals surface area contributed by atoms with E-state index in [9.17, 15) is 4.79 Å². The van der Waals surface area contributed by atoms with E-state index in [1.807, 2.05) is 24.3 Å². The summed E-state index contributed by atoms with van der Waals surface area (Å²) in [5, 5.41) is 2.75. The number of hydrogen-bond donors (Lipinski definition) is 1. The van der Waals surface area contributed by atoms with E-state index in [1.165, 1.54) is 0 Å². The molecule has 21 heavy (non-hydrogen) atoms. The fourth-order valence-electron chi connectivity index (χ4n) is 2.25. The van der Waals surface area contributed by atoms with Crippen molar-refractivity contribution in [1.82, 2.24) is 5.32 Å². The highest BCUT2D eigenvalue weighted by molar-refractivity contribution is 5.93. The Bertz CT molecular complexity index is 524. The van der Waals surface area contributed by atoms with E-state index >= 15 is 0 Å². The van der Waals surface area contributed by atoms with E-state index in [1.54, 1.807) is 6.92 Å². The van der Waals surface area contributed by atoms with Crippen molar-refractivity contribution in [3.8, 4) is 11.8 Å². The molecule has 112 valence electrons. The largest absolute Gasteiger partial charge is 0.376 e. The van der Waals surface area contributed by atoms with Gasteiger partial charge in [-0.25, -0.2) is 0 Å². The minimum Gasteiger partial charge on any atom is -0.376 e. The van der Waals surface area contributed by atoms with Crippen molar-refractivity contribution in [2.24, 2.45) is 0 Å². The smallest absolute Gasteiger partial charge is 0.296 e. The monoisotopic (exact) mass is 287 g/mol. The van der Waals surface area contributed by atoms with Crippen LogP contribution in [0.15, 0.2) is 24.3 Å². The SMILES string of the molecule is CC#CC(=O)NCc1cccc(COCC2CCCO2)c1. The second-order valence-corrected chi connectivity index (χ2v) is 5.03. The number of nitrogens with one attached hydrogen (secondary N) is 1. The zero-order chi connectivity index (χ0) is 14.9. The van der Waals surface area contributed by atoms with Crippen LogP contribution in [0.5, 0.6) is 0 Å². The molecule has 1 aromatic carbocycles. The average molecular weight is 287 g/mol. The minimum absolute atomic E-state index is 0.250. The summed E-state index contributed by atoms with van der Waals surface area (Å²) in [4.78, 5) is 11.3. The molecular formula is C17H21NO3. The molecule has 1 N–H and O–H groups in total. The van der Waals surface area contributed by atoms with Gasteiger partial charge in [-0.2, -0.15) is 0 Å². The van der Waals surface area contributed by atoms with E-state index in [4.69, 9.17) is 9.47 Å². The second-order valence-electron chi connectivity index (χ2n) is 5.03. The molecule has 1 aliphatic heterocycles. The Hall–Kier alpha value is -1.83. The molecule has 0 radical (unpaired) electrons. The van der Waals surface area contributed by atoms with Crippen LogP contribution in [0.3, 0.4) is 0 Å². The molecule has 1 aliphatic rings. The Balaban J connectivity index is 1.76. The van der Waals surface area contributed by atoms with Crippen molar-refractivity contribution in [1.29, 1.82) is 0 Å². The highest BCUT2D eigenvalue weighted by atomic mass is 16.5. The van der Waals surface area contributed by atoms with Crippen molar-refractivity contribution in [3.63, 3.8) is 0 Å². The summed E-state index contributed by atoms with van der Waals surface area (Å²) in [7, 11) is 0. The van der Waals surface area contributed by atoms with Crippen LogP contribution in [0.25, 0.3) is 0 Å². The van der Waals surface area contributed by atoms with E-state index in [2.05, 4.69) is 17.2 Å². The van der Waals surface area contributed by atoms with E-state index < -0.39 is 0 Å². The van der Waals surface area contributed by atoms with Gasteiger partial charge in [0.05, 0.1) is 19.3 Å². The van der Waals surface area contributed by atoms with Gasteiger partial charge in [0, 0.05) is 13.2 Å². The summed E-state index contributed by atoms with van der Waals surface area (Å²) in [5.41, 5.74) is 2.14. The van der Waals surface area contributed by atoms with Crippen LogP contribution in [0.2, 0.25) is 0 Å². The molecule has 1 unspecified atom stereocenters. The molecule has 1 fully saturated rings. The van der Waals surface area contributed by atoms with Gasteiger partial charge in [-0.15, -0.1) is 0 Å². The molecule has 0 spiro atoms. The van der Waals surface area contributed by atoms with Gasteiger partial charge in [0.15, 0.2) is 0 Å². The van der Waals surface area contributed by atoms with Crippen LogP contribution in [-0.2, 0) is 27.4 Å². The third-order valence-corrected chi connectivity index (χ3v) is 3.28. The first-order valence-corrected chi connectivity index (χ1v) is 7.25. The first-order valence-electron chi connectivity index (χ1n) is 7.25. The zero-order valence-electron chi connectivity index (χ0n) is 12.4. The Labute approximate surface area is 125 Å². The van der Waals surface area contributed by atoms with Gasteiger partial charge in [-0.3, -0.25) is 4.79 Å². The van der Waals surface area contributed by atoms with Gasteiger partial charge >= 0.3 is 0 Å². The normalized spacial score (nSPS) is 17.1. The Morgan fingerprint density at radius 2 is 2.33 bits per heavy atom. The lowest BCUT2D eigenvalue weighted by atomic mass is 10.1. The van der Waals surface area contributed by atoms with E-state index in [-0.39, 0.29) is 12.0 Å². The highest BCUT2D eigenvalue weighted by Gasteiger charge is 2.15. The predicted octanol–water partition coefficient (Wildman–Crippen LogP) is 2.02. The Kier molecular flexibility index (Phi) is 6.26. The van der Waals surface area contributed by atoms with Gasteiger partial charge < -0.3 is 14.8 Å². The summed E-state index contributed by atoms with van der Waals surface area (Å²) in [5.74, 6) is 4.78. The fourth-order valence-corrected chi connectivity index (χ4v) is 2.25. The van der Waals surface area contributed by atoms with Crippen LogP contribution in [0, 0.1) is 11.8 Å². The Morgan fingerprint density at radius 3 is 3.10 bits per heavy atom. The van der Waals surface area contributed by atoms with Crippen LogP contribution >= 0.6 is 0 Å². The van der Waals surface area contributed by atoms with Crippen LogP contribution in [0.4, 0.5) is 0 Å². The van der Waals surface area contributed by atoms with Crippen LogP contribution in [-0.4, -0.2) is 25.2 Å². The van der Waals surface area contributed by atoms with Crippen LogP contribution < -0.4 is 5.32 Å². The number of carbonyl (C=O) groups excluding carboxylic acids is 1. The molecular weight excluding hydrogens is 266 g/mol. The molecule has 4 heteroatoms. The maximum Gasteiger partial charge on any atom is 0.296 e. The molecule has 0 saturated carbocycles. The van der Waals surface area contributed by atoms with Gasteiger partial charge in [0.25, 0.3) is 5.91 Å². The lowest BCUT2D eigenvalue weighted by Gasteiger charge is -2.11. The van der Waals surface area contributed by atoms with Gasteiger partial charge in [0.1, 0.15) is 0 Å². The standard InChI is InChI=1S/C17H21NO3/c1-2-5-17(19)18-11-14-6-3-7-15(10-14)12-20-13-16-8-4-9-21-16/h3,6-7,10,16H,4,8-9,11-13H2,1H3,(H,18,19). The minimum atomic E-state index is -0.252. The topological polar surface area (TPSA) is 47.6 Å². The van der Waals surface area contributed by atoms with Gasteiger partial charge in [-0.05, 0) is 36.8 Å². The van der Waals surface area contributed by atoms with E-state index in [0.717, 1.165) is 30.6 Å². The average Bonchev–Trinajstić information content (AvgIpc) is 2.99. The third kappa shape index (κ3) is 5.58. The lowest BCUT2D eigenvalue weighted by molar-refractivity contribution is -0.115. The summed E-state index contributed by atoms with van der Waals surface area (Å²) >= 11 is 0. The summed E-state index contributed by atoms with van der Waals surface area (Å²) in [6, 6.07) is 8.00. The first-order chi connectivity index (χ1) is 10.3. The first kappa shape index (κ1) is 15.6. The third-order valence-electron chi connectivity index (χ3n) is 3.28. The maximum atomic E-state index is 11.3. The number of hydrogen-bond acceptors (Lipinski definition) is 3. The molecule has 1 atom stereocenters. The van der Waals surface area contributed by atoms with E-state index in [0.29, 0.717) is 19.8 Å². The molecule has 1 aromatic rings. The molecule has 4 nitrogen and oxygen atoms in total. The highest BCUT2D eigenvalue weighted by Crippen LogP contribution is 2.13. The zero-order valence-corrected chi connectivity index (χ0v) is 12.4. The Morgan fingerprint density at radius 1 is 1.48 bits per heavy atom. The number of rotatable bonds is 6.